The lowest BCUT2D eigenvalue weighted by atomic mass is 10.4. The van der Waals surface area contributed by atoms with Gasteiger partial charge in [-0.2, -0.15) is 5.10 Å². The minimum absolute atomic E-state index is 0.0493. The third-order valence-corrected chi connectivity index (χ3v) is 3.46. The number of hydrogen-bond donors (Lipinski definition) is 4. The fourth-order valence-electron chi connectivity index (χ4n) is 1.13. The van der Waals surface area contributed by atoms with Crippen molar-refractivity contribution in [2.45, 2.75) is 11.4 Å². The molecule has 0 bridgehead atoms. The number of rotatable bonds is 6. The molecule has 0 unspecified atom stereocenters. The lowest BCUT2D eigenvalue weighted by Crippen LogP contribution is -2.30. The van der Waals surface area contributed by atoms with E-state index in [0.717, 1.165) is 6.20 Å². The number of nitrogens with one attached hydrogen (secondary N) is 3. The summed E-state index contributed by atoms with van der Waals surface area (Å²) in [4.78, 5) is 21.6. The highest BCUT2D eigenvalue weighted by Crippen LogP contribution is 2.11. The summed E-state index contributed by atoms with van der Waals surface area (Å²) in [7, 11) is -2.60. The first-order valence-corrected chi connectivity index (χ1v) is 6.33. The van der Waals surface area contributed by atoms with Gasteiger partial charge in [-0.3, -0.25) is 9.89 Å². The number of carboxylic acids is 1. The van der Waals surface area contributed by atoms with Gasteiger partial charge in [0.15, 0.2) is 5.03 Å². The molecule has 10 heteroatoms. The molecule has 0 aliphatic heterocycles. The molecule has 1 amide bonds. The normalized spacial score (nSPS) is 11.2. The summed E-state index contributed by atoms with van der Waals surface area (Å²) < 4.78 is 25.5. The molecule has 0 fully saturated rings. The predicted octanol–water partition coefficient (Wildman–Crippen LogP) is -1.48. The van der Waals surface area contributed by atoms with Gasteiger partial charge in [-0.25, -0.2) is 17.9 Å². The summed E-state index contributed by atoms with van der Waals surface area (Å²) in [5.41, 5.74) is -0.456. The molecular weight excluding hydrogens is 264 g/mol. The van der Waals surface area contributed by atoms with Gasteiger partial charge in [0.05, 0.1) is 6.20 Å². The molecule has 1 aromatic rings. The van der Waals surface area contributed by atoms with Crippen LogP contribution in [0, 0.1) is 0 Å². The van der Waals surface area contributed by atoms with Crippen LogP contribution in [0.4, 0.5) is 0 Å². The van der Waals surface area contributed by atoms with E-state index in [1.54, 1.807) is 0 Å². The second-order valence-corrected chi connectivity index (χ2v) is 4.94. The third-order valence-electron chi connectivity index (χ3n) is 2.03. The van der Waals surface area contributed by atoms with E-state index in [-0.39, 0.29) is 18.9 Å². The van der Waals surface area contributed by atoms with Gasteiger partial charge in [0.25, 0.3) is 10.0 Å². The number of sulfonamides is 1. The minimum atomic E-state index is -4.03. The minimum Gasteiger partial charge on any atom is -0.478 e. The number of carbonyl (C=O) groups is 2. The fourth-order valence-corrected chi connectivity index (χ4v) is 2.25. The Morgan fingerprint density at radius 3 is 2.72 bits per heavy atom. The number of aromatic nitrogens is 2. The van der Waals surface area contributed by atoms with Gasteiger partial charge in [0.1, 0.15) is 5.56 Å². The summed E-state index contributed by atoms with van der Waals surface area (Å²) in [6.07, 6.45) is 0.849. The topological polar surface area (TPSA) is 141 Å². The van der Waals surface area contributed by atoms with Crippen LogP contribution in [-0.4, -0.2) is 49.2 Å². The van der Waals surface area contributed by atoms with Crippen LogP contribution < -0.4 is 10.0 Å². The van der Waals surface area contributed by atoms with Crippen LogP contribution in [0.25, 0.3) is 0 Å². The molecule has 9 nitrogen and oxygen atoms in total. The van der Waals surface area contributed by atoms with E-state index >= 15 is 0 Å². The van der Waals surface area contributed by atoms with Crippen LogP contribution in [0.15, 0.2) is 11.2 Å². The Labute approximate surface area is 103 Å². The molecule has 0 radical (unpaired) electrons. The number of hydrogen-bond acceptors (Lipinski definition) is 5. The Morgan fingerprint density at radius 1 is 1.50 bits per heavy atom. The van der Waals surface area contributed by atoms with Gasteiger partial charge in [-0.1, -0.05) is 0 Å². The molecular formula is C8H12N4O5S. The average molecular weight is 276 g/mol. The first-order valence-electron chi connectivity index (χ1n) is 4.85. The van der Waals surface area contributed by atoms with E-state index < -0.39 is 26.6 Å². The van der Waals surface area contributed by atoms with Crippen LogP contribution in [0.5, 0.6) is 0 Å². The van der Waals surface area contributed by atoms with Crippen molar-refractivity contribution in [1.82, 2.24) is 20.2 Å². The van der Waals surface area contributed by atoms with Crippen molar-refractivity contribution < 1.29 is 23.1 Å². The standard InChI is InChI=1S/C8H12N4O5S/c1-9-6(13)2-3-11-18(16,17)7-5(8(14)15)4-10-12-7/h4,11H,2-3H2,1H3,(H,9,13)(H,10,12)(H,14,15). The lowest BCUT2D eigenvalue weighted by Gasteiger charge is -2.05. The van der Waals surface area contributed by atoms with Crippen molar-refractivity contribution in [2.24, 2.45) is 0 Å². The number of carbonyl (C=O) groups excluding carboxylic acids is 1. The van der Waals surface area contributed by atoms with Crippen LogP contribution in [0.1, 0.15) is 16.8 Å². The summed E-state index contributed by atoms with van der Waals surface area (Å²) in [6.45, 7) is -0.139. The van der Waals surface area contributed by atoms with E-state index in [1.165, 1.54) is 7.05 Å². The van der Waals surface area contributed by atoms with Gasteiger partial charge < -0.3 is 10.4 Å². The number of nitrogens with zero attached hydrogens (tertiary/aromatic N) is 1. The molecule has 0 atom stereocenters. The van der Waals surface area contributed by atoms with Gasteiger partial charge in [-0.15, -0.1) is 0 Å². The highest BCUT2D eigenvalue weighted by atomic mass is 32.2. The van der Waals surface area contributed by atoms with Gasteiger partial charge in [-0.05, 0) is 0 Å². The number of aromatic carboxylic acids is 1. The van der Waals surface area contributed by atoms with Crippen LogP contribution in [-0.2, 0) is 14.8 Å². The maximum Gasteiger partial charge on any atom is 0.340 e. The van der Waals surface area contributed by atoms with Crippen molar-refractivity contribution in [3.8, 4) is 0 Å². The molecule has 0 spiro atoms. The molecule has 0 aliphatic rings. The smallest absolute Gasteiger partial charge is 0.340 e. The quantitative estimate of drug-likeness (QED) is 0.499. The molecule has 0 saturated heterocycles. The van der Waals surface area contributed by atoms with Crippen molar-refractivity contribution in [3.05, 3.63) is 11.8 Å². The van der Waals surface area contributed by atoms with E-state index in [0.29, 0.717) is 0 Å². The summed E-state index contributed by atoms with van der Waals surface area (Å²) in [5, 5.41) is 16.0. The first-order chi connectivity index (χ1) is 8.38. The Balaban J connectivity index is 2.78. The largest absolute Gasteiger partial charge is 0.478 e. The monoisotopic (exact) mass is 276 g/mol. The molecule has 1 rings (SSSR count). The highest BCUT2D eigenvalue weighted by molar-refractivity contribution is 7.89. The Bertz CT molecular complexity index is 550. The van der Waals surface area contributed by atoms with E-state index in [9.17, 15) is 18.0 Å². The molecule has 4 N–H and O–H groups in total. The molecule has 0 aromatic carbocycles. The summed E-state index contributed by atoms with van der Waals surface area (Å²) in [5.74, 6) is -1.74. The zero-order valence-electron chi connectivity index (χ0n) is 9.43. The number of carboxylic acid groups (broad SMARTS) is 1. The Kier molecular flexibility index (Phi) is 4.39. The van der Waals surface area contributed by atoms with Gasteiger partial charge in [0.2, 0.25) is 5.91 Å². The maximum atomic E-state index is 11.7. The SMILES string of the molecule is CNC(=O)CCNS(=O)(=O)c1[nH]ncc1C(=O)O. The van der Waals surface area contributed by atoms with Crippen LogP contribution in [0.2, 0.25) is 0 Å². The average Bonchev–Trinajstić information content (AvgIpc) is 2.78. The van der Waals surface area contributed by atoms with Gasteiger partial charge >= 0.3 is 5.97 Å². The van der Waals surface area contributed by atoms with Crippen molar-refractivity contribution in [2.75, 3.05) is 13.6 Å². The van der Waals surface area contributed by atoms with Crippen LogP contribution in [0.3, 0.4) is 0 Å². The van der Waals surface area contributed by atoms with Crippen molar-refractivity contribution in [3.63, 3.8) is 0 Å². The Morgan fingerprint density at radius 2 is 2.17 bits per heavy atom. The van der Waals surface area contributed by atoms with Gasteiger partial charge in [0, 0.05) is 20.0 Å². The predicted molar refractivity (Wildman–Crippen MR) is 59.4 cm³/mol. The molecule has 100 valence electrons. The highest BCUT2D eigenvalue weighted by Gasteiger charge is 2.24. The second-order valence-electron chi connectivity index (χ2n) is 3.24. The molecule has 0 saturated carbocycles. The van der Waals surface area contributed by atoms with E-state index in [1.807, 2.05) is 0 Å². The fraction of sp³-hybridized carbons (Fsp3) is 0.375. The first kappa shape index (κ1) is 14.1. The number of aromatic amines is 1. The van der Waals surface area contributed by atoms with Crippen molar-refractivity contribution >= 4 is 21.9 Å². The third kappa shape index (κ3) is 3.28. The molecule has 0 aliphatic carbocycles. The summed E-state index contributed by atoms with van der Waals surface area (Å²) in [6, 6.07) is 0. The maximum absolute atomic E-state index is 11.7. The van der Waals surface area contributed by atoms with E-state index in [2.05, 4.69) is 20.2 Å². The second kappa shape index (κ2) is 5.60. The zero-order chi connectivity index (χ0) is 13.8. The molecule has 1 heterocycles. The van der Waals surface area contributed by atoms with Crippen LogP contribution >= 0.6 is 0 Å². The van der Waals surface area contributed by atoms with Crippen molar-refractivity contribution in [1.29, 1.82) is 0 Å². The Hall–Kier alpha value is -1.94. The molecule has 1 aromatic heterocycles. The summed E-state index contributed by atoms with van der Waals surface area (Å²) >= 11 is 0. The van der Waals surface area contributed by atoms with E-state index in [4.69, 9.17) is 5.11 Å². The number of H-pyrrole nitrogens is 1. The zero-order valence-corrected chi connectivity index (χ0v) is 10.2. The molecule has 18 heavy (non-hydrogen) atoms. The lowest BCUT2D eigenvalue weighted by molar-refractivity contribution is -0.120. The number of amides is 1.